The van der Waals surface area contributed by atoms with Crippen LogP contribution in [0.2, 0.25) is 0 Å². The summed E-state index contributed by atoms with van der Waals surface area (Å²) >= 11 is 0. The Morgan fingerprint density at radius 1 is 1.43 bits per heavy atom. The van der Waals surface area contributed by atoms with E-state index in [1.54, 1.807) is 0 Å². The molecule has 1 heterocycles. The lowest BCUT2D eigenvalue weighted by molar-refractivity contribution is 0.00974. The Morgan fingerprint density at radius 3 is 2.71 bits per heavy atom. The normalized spacial score (nSPS) is 20.1. The molecule has 0 saturated carbocycles. The minimum atomic E-state index is 0. The Bertz CT molecular complexity index is 139. The van der Waals surface area contributed by atoms with Crippen molar-refractivity contribution >= 4 is 0 Å². The van der Waals surface area contributed by atoms with Crippen LogP contribution in [0.1, 0.15) is 27.6 Å². The van der Waals surface area contributed by atoms with Crippen molar-refractivity contribution in [3.63, 3.8) is 0 Å². The van der Waals surface area contributed by atoms with Crippen LogP contribution in [-0.2, 0) is 4.74 Å². The first kappa shape index (κ1) is 12.0. The number of rotatable bonds is 6. The number of ether oxygens (including phenoxy) is 1. The summed E-state index contributed by atoms with van der Waals surface area (Å²) in [5, 5.41) is 3.10. The molecule has 0 bridgehead atoms. The second-order valence-corrected chi connectivity index (χ2v) is 4.02. The third kappa shape index (κ3) is 4.40. The van der Waals surface area contributed by atoms with Crippen LogP contribution >= 0.6 is 0 Å². The van der Waals surface area contributed by atoms with Gasteiger partial charge in [-0.3, -0.25) is 0 Å². The molecule has 0 amide bonds. The number of nitrogens with zero attached hydrogens (tertiary/aromatic N) is 1. The van der Waals surface area contributed by atoms with Gasteiger partial charge in [-0.25, -0.2) is 0 Å². The summed E-state index contributed by atoms with van der Waals surface area (Å²) < 4.78 is 5.76. The Balaban J connectivity index is 0.00000196. The quantitative estimate of drug-likeness (QED) is 0.658. The fourth-order valence-electron chi connectivity index (χ4n) is 1.94. The Hall–Kier alpha value is -0.120. The van der Waals surface area contributed by atoms with Gasteiger partial charge in [0.1, 0.15) is 0 Å². The maximum Gasteiger partial charge on any atom is 0.0600 e. The molecule has 0 aromatic carbocycles. The largest absolute Gasteiger partial charge is 0.377 e. The van der Waals surface area contributed by atoms with Crippen molar-refractivity contribution in [1.82, 2.24) is 10.2 Å². The van der Waals surface area contributed by atoms with Gasteiger partial charge in [0.25, 0.3) is 0 Å². The van der Waals surface area contributed by atoms with Crippen LogP contribution in [0, 0.1) is 0 Å². The molecule has 86 valence electrons. The zero-order valence-corrected chi connectivity index (χ0v) is 9.59. The molecule has 0 unspecified atom stereocenters. The lowest BCUT2D eigenvalue weighted by atomic mass is 10.1. The number of likely N-dealkylation sites (tertiary alicyclic amines) is 1. The number of nitrogens with one attached hydrogen (secondary N) is 1. The second kappa shape index (κ2) is 7.21. The van der Waals surface area contributed by atoms with E-state index in [0.29, 0.717) is 6.10 Å². The van der Waals surface area contributed by atoms with E-state index >= 15 is 0 Å². The van der Waals surface area contributed by atoms with E-state index in [4.69, 9.17) is 4.74 Å². The van der Waals surface area contributed by atoms with Crippen molar-refractivity contribution in [2.75, 3.05) is 39.8 Å². The van der Waals surface area contributed by atoms with Gasteiger partial charge in [0, 0.05) is 21.1 Å². The molecule has 1 rings (SSSR count). The van der Waals surface area contributed by atoms with Crippen molar-refractivity contribution in [3.8, 4) is 0 Å². The van der Waals surface area contributed by atoms with Gasteiger partial charge in [-0.05, 0) is 32.9 Å². The predicted octanol–water partition coefficient (Wildman–Crippen LogP) is 1.34. The number of piperidine rings is 1. The zero-order chi connectivity index (χ0) is 10.2. The van der Waals surface area contributed by atoms with Crippen molar-refractivity contribution in [1.29, 1.82) is 0 Å². The molecular formula is C11H26N2O. The molecule has 1 fully saturated rings. The fourth-order valence-corrected chi connectivity index (χ4v) is 1.94. The van der Waals surface area contributed by atoms with Gasteiger partial charge in [0.05, 0.1) is 12.7 Å². The summed E-state index contributed by atoms with van der Waals surface area (Å²) in [6, 6.07) is 0. The highest BCUT2D eigenvalue weighted by atomic mass is 16.5. The van der Waals surface area contributed by atoms with Gasteiger partial charge in [-0.1, -0.05) is 6.92 Å². The summed E-state index contributed by atoms with van der Waals surface area (Å²) in [4.78, 5) is 2.54. The number of hydrogen-bond donors (Lipinski definition) is 1. The first-order valence-electron chi connectivity index (χ1n) is 5.85. The lowest BCUT2D eigenvalue weighted by Crippen LogP contribution is -2.38. The molecule has 1 N–H and O–H groups in total. The summed E-state index contributed by atoms with van der Waals surface area (Å²) in [6.45, 7) is 7.76. The standard InChI is InChI=1S/C11H24N2O.H2/c1-3-7-13-8-4-11(5-9-13)14-10-6-12-2;/h11-12H,3-10H2,1-2H3;1H. The van der Waals surface area contributed by atoms with Gasteiger partial charge < -0.3 is 15.0 Å². The topological polar surface area (TPSA) is 24.5 Å². The predicted molar refractivity (Wildman–Crippen MR) is 61.7 cm³/mol. The summed E-state index contributed by atoms with van der Waals surface area (Å²) in [5.74, 6) is 0. The van der Waals surface area contributed by atoms with E-state index in [0.717, 1.165) is 13.2 Å². The van der Waals surface area contributed by atoms with E-state index in [-0.39, 0.29) is 1.43 Å². The van der Waals surface area contributed by atoms with E-state index < -0.39 is 0 Å². The molecule has 3 heteroatoms. The monoisotopic (exact) mass is 202 g/mol. The van der Waals surface area contributed by atoms with Crippen molar-refractivity contribution in [2.24, 2.45) is 0 Å². The molecule has 1 aliphatic rings. The highest BCUT2D eigenvalue weighted by Crippen LogP contribution is 2.13. The van der Waals surface area contributed by atoms with Gasteiger partial charge in [-0.2, -0.15) is 0 Å². The number of hydrogen-bond acceptors (Lipinski definition) is 3. The van der Waals surface area contributed by atoms with Crippen LogP contribution in [0.3, 0.4) is 0 Å². The van der Waals surface area contributed by atoms with Crippen LogP contribution < -0.4 is 5.32 Å². The average molecular weight is 202 g/mol. The van der Waals surface area contributed by atoms with E-state index in [9.17, 15) is 0 Å². The van der Waals surface area contributed by atoms with E-state index in [2.05, 4.69) is 17.1 Å². The molecule has 0 aliphatic carbocycles. The van der Waals surface area contributed by atoms with Crippen LogP contribution in [0.25, 0.3) is 0 Å². The Morgan fingerprint density at radius 2 is 2.14 bits per heavy atom. The molecule has 0 radical (unpaired) electrons. The molecule has 0 spiro atoms. The maximum atomic E-state index is 5.76. The second-order valence-electron chi connectivity index (χ2n) is 4.02. The molecule has 0 atom stereocenters. The molecule has 3 nitrogen and oxygen atoms in total. The van der Waals surface area contributed by atoms with E-state index in [1.807, 2.05) is 7.05 Å². The van der Waals surface area contributed by atoms with Crippen molar-refractivity contribution < 1.29 is 6.16 Å². The van der Waals surface area contributed by atoms with Gasteiger partial charge in [-0.15, -0.1) is 0 Å². The van der Waals surface area contributed by atoms with Crippen LogP contribution in [0.4, 0.5) is 0 Å². The molecule has 1 aliphatic heterocycles. The van der Waals surface area contributed by atoms with Gasteiger partial charge >= 0.3 is 0 Å². The van der Waals surface area contributed by atoms with Crippen LogP contribution in [0.15, 0.2) is 0 Å². The fraction of sp³-hybridized carbons (Fsp3) is 1.00. The average Bonchev–Trinajstić information content (AvgIpc) is 2.21. The molecule has 0 aromatic heterocycles. The lowest BCUT2D eigenvalue weighted by Gasteiger charge is -2.31. The van der Waals surface area contributed by atoms with Gasteiger partial charge in [0.15, 0.2) is 0 Å². The summed E-state index contributed by atoms with van der Waals surface area (Å²) in [6.07, 6.45) is 4.20. The van der Waals surface area contributed by atoms with Crippen molar-refractivity contribution in [2.45, 2.75) is 32.3 Å². The first-order chi connectivity index (χ1) is 6.86. The zero-order valence-electron chi connectivity index (χ0n) is 9.59. The van der Waals surface area contributed by atoms with E-state index in [1.165, 1.54) is 38.9 Å². The Kier molecular flexibility index (Phi) is 6.15. The molecule has 14 heavy (non-hydrogen) atoms. The minimum Gasteiger partial charge on any atom is -0.377 e. The highest BCUT2D eigenvalue weighted by Gasteiger charge is 2.18. The van der Waals surface area contributed by atoms with Gasteiger partial charge in [0.2, 0.25) is 0 Å². The molecule has 0 aromatic rings. The first-order valence-corrected chi connectivity index (χ1v) is 5.85. The third-order valence-electron chi connectivity index (χ3n) is 2.78. The Labute approximate surface area is 89.3 Å². The smallest absolute Gasteiger partial charge is 0.0600 e. The van der Waals surface area contributed by atoms with Crippen LogP contribution in [-0.4, -0.2) is 50.8 Å². The molecular weight excluding hydrogens is 176 g/mol. The third-order valence-corrected chi connectivity index (χ3v) is 2.78. The SMILES string of the molecule is CCCN1CCC(OCCNC)CC1.[HH]. The summed E-state index contributed by atoms with van der Waals surface area (Å²) in [7, 11) is 1.97. The maximum absolute atomic E-state index is 5.76. The highest BCUT2D eigenvalue weighted by molar-refractivity contribution is 4.72. The number of likely N-dealkylation sites (N-methyl/N-ethyl adjacent to an activating group) is 1. The molecule has 1 saturated heterocycles. The summed E-state index contributed by atoms with van der Waals surface area (Å²) in [5.41, 5.74) is 0. The van der Waals surface area contributed by atoms with Crippen molar-refractivity contribution in [3.05, 3.63) is 0 Å². The van der Waals surface area contributed by atoms with Crippen LogP contribution in [0.5, 0.6) is 0 Å². The minimum absolute atomic E-state index is 0.